The Morgan fingerprint density at radius 1 is 1.21 bits per heavy atom. The molecule has 0 aliphatic carbocycles. The summed E-state index contributed by atoms with van der Waals surface area (Å²) in [6.07, 6.45) is 1.67. The van der Waals surface area contributed by atoms with Crippen LogP contribution in [0.25, 0.3) is 10.2 Å². The van der Waals surface area contributed by atoms with E-state index >= 15 is 0 Å². The summed E-state index contributed by atoms with van der Waals surface area (Å²) in [5.41, 5.74) is 2.12. The van der Waals surface area contributed by atoms with Crippen LogP contribution in [0.5, 0.6) is 0 Å². The van der Waals surface area contributed by atoms with Crippen molar-refractivity contribution >= 4 is 39.1 Å². The number of hydrogen-bond donors (Lipinski definition) is 1. The molecule has 3 aromatic rings. The van der Waals surface area contributed by atoms with Crippen LogP contribution in [0.1, 0.15) is 40.7 Å². The van der Waals surface area contributed by atoms with Crippen molar-refractivity contribution < 1.29 is 9.59 Å². The average molecular weight is 390 g/mol. The molecule has 0 saturated carbocycles. The number of anilines is 1. The van der Waals surface area contributed by atoms with Gasteiger partial charge in [0, 0.05) is 17.8 Å². The lowest BCUT2D eigenvalue weighted by molar-refractivity contribution is -0.115. The van der Waals surface area contributed by atoms with Crippen LogP contribution in [0, 0.1) is 11.3 Å². The van der Waals surface area contributed by atoms with Gasteiger partial charge in [0.05, 0.1) is 22.3 Å². The molecule has 140 valence electrons. The molecular formula is C21H18N4O2S. The van der Waals surface area contributed by atoms with E-state index in [9.17, 15) is 9.59 Å². The van der Waals surface area contributed by atoms with Gasteiger partial charge in [-0.15, -0.1) is 11.3 Å². The molecule has 1 unspecified atom stereocenters. The van der Waals surface area contributed by atoms with Crippen molar-refractivity contribution in [2.75, 3.05) is 11.9 Å². The van der Waals surface area contributed by atoms with Gasteiger partial charge in [-0.1, -0.05) is 12.1 Å². The number of aromatic nitrogens is 1. The summed E-state index contributed by atoms with van der Waals surface area (Å²) in [6.45, 7) is 0.708. The second-order valence-electron chi connectivity index (χ2n) is 6.64. The Bertz CT molecular complexity index is 1030. The van der Waals surface area contributed by atoms with Crippen LogP contribution in [-0.4, -0.2) is 28.2 Å². The first-order valence-electron chi connectivity index (χ1n) is 9.09. The molecule has 1 aromatic heterocycles. The molecule has 1 atom stereocenters. The third-order valence-electron chi connectivity index (χ3n) is 4.76. The van der Waals surface area contributed by atoms with Crippen molar-refractivity contribution in [1.29, 1.82) is 5.26 Å². The molecule has 2 aromatic carbocycles. The van der Waals surface area contributed by atoms with E-state index in [0.717, 1.165) is 28.1 Å². The predicted octanol–water partition coefficient (Wildman–Crippen LogP) is 4.13. The molecule has 28 heavy (non-hydrogen) atoms. The molecule has 1 fully saturated rings. The Morgan fingerprint density at radius 2 is 2.00 bits per heavy atom. The summed E-state index contributed by atoms with van der Waals surface area (Å²) in [7, 11) is 0. The van der Waals surface area contributed by atoms with Crippen LogP contribution in [0.3, 0.4) is 0 Å². The summed E-state index contributed by atoms with van der Waals surface area (Å²) in [5.74, 6) is -0.395. The second-order valence-corrected chi connectivity index (χ2v) is 7.70. The van der Waals surface area contributed by atoms with Gasteiger partial charge in [0.25, 0.3) is 5.91 Å². The van der Waals surface area contributed by atoms with Gasteiger partial charge in [-0.2, -0.15) is 5.26 Å². The zero-order valence-corrected chi connectivity index (χ0v) is 15.9. The maximum atomic E-state index is 13.1. The van der Waals surface area contributed by atoms with E-state index in [1.165, 1.54) is 0 Å². The number of nitriles is 1. The number of carbonyl (C=O) groups is 2. The van der Waals surface area contributed by atoms with Crippen molar-refractivity contribution in [3.8, 4) is 6.07 Å². The smallest absolute Gasteiger partial charge is 0.254 e. The van der Waals surface area contributed by atoms with Crippen molar-refractivity contribution in [2.24, 2.45) is 0 Å². The summed E-state index contributed by atoms with van der Waals surface area (Å²) < 4.78 is 1.13. The highest BCUT2D eigenvalue weighted by atomic mass is 32.1. The van der Waals surface area contributed by atoms with E-state index in [-0.39, 0.29) is 24.3 Å². The van der Waals surface area contributed by atoms with Crippen LogP contribution < -0.4 is 5.32 Å². The summed E-state index contributed by atoms with van der Waals surface area (Å²) in [4.78, 5) is 31.2. The SMILES string of the molecule is N#CCC(=O)Nc1ccc(C(=O)N2CCCC2c2nc3ccccc3s2)cc1. The zero-order valence-electron chi connectivity index (χ0n) is 15.1. The van der Waals surface area contributed by atoms with Gasteiger partial charge >= 0.3 is 0 Å². The van der Waals surface area contributed by atoms with E-state index in [1.54, 1.807) is 41.7 Å². The zero-order chi connectivity index (χ0) is 19.5. The first kappa shape index (κ1) is 18.1. The number of nitrogens with zero attached hydrogens (tertiary/aromatic N) is 3. The Hall–Kier alpha value is -3.24. The fourth-order valence-electron chi connectivity index (χ4n) is 3.44. The number of para-hydroxylation sites is 1. The first-order valence-corrected chi connectivity index (χ1v) is 9.90. The lowest BCUT2D eigenvalue weighted by Gasteiger charge is -2.23. The second kappa shape index (κ2) is 7.79. The minimum Gasteiger partial charge on any atom is -0.329 e. The highest BCUT2D eigenvalue weighted by Gasteiger charge is 2.32. The standard InChI is InChI=1S/C21H18N4O2S/c22-12-11-19(26)23-15-9-7-14(8-10-15)21(27)25-13-3-5-17(25)20-24-16-4-1-2-6-18(16)28-20/h1-2,4,6-10,17H,3,5,11,13H2,(H,23,26). The van der Waals surface area contributed by atoms with Crippen LogP contribution in [0.15, 0.2) is 48.5 Å². The monoisotopic (exact) mass is 390 g/mol. The number of nitrogens with one attached hydrogen (secondary N) is 1. The number of thiazole rings is 1. The Morgan fingerprint density at radius 3 is 2.75 bits per heavy atom. The van der Waals surface area contributed by atoms with Crippen LogP contribution in [0.4, 0.5) is 5.69 Å². The van der Waals surface area contributed by atoms with Gasteiger partial charge in [-0.25, -0.2) is 4.98 Å². The summed E-state index contributed by atoms with van der Waals surface area (Å²) in [6, 6.07) is 16.6. The van der Waals surface area contributed by atoms with Crippen molar-refractivity contribution in [3.63, 3.8) is 0 Å². The maximum absolute atomic E-state index is 13.1. The van der Waals surface area contributed by atoms with Crippen LogP contribution >= 0.6 is 11.3 Å². The van der Waals surface area contributed by atoms with Gasteiger partial charge in [0.2, 0.25) is 5.91 Å². The third kappa shape index (κ3) is 3.59. The molecule has 6 nitrogen and oxygen atoms in total. The molecule has 0 spiro atoms. The predicted molar refractivity (Wildman–Crippen MR) is 108 cm³/mol. The van der Waals surface area contributed by atoms with Crippen molar-refractivity contribution in [1.82, 2.24) is 9.88 Å². The molecule has 0 bridgehead atoms. The molecular weight excluding hydrogens is 372 g/mol. The first-order chi connectivity index (χ1) is 13.7. The minimum absolute atomic E-state index is 0.0000853. The highest BCUT2D eigenvalue weighted by Crippen LogP contribution is 2.37. The molecule has 2 amide bonds. The largest absolute Gasteiger partial charge is 0.329 e. The minimum atomic E-state index is -0.364. The Balaban J connectivity index is 1.52. The van der Waals surface area contributed by atoms with Gasteiger partial charge in [0.1, 0.15) is 11.4 Å². The number of hydrogen-bond acceptors (Lipinski definition) is 5. The van der Waals surface area contributed by atoms with E-state index < -0.39 is 0 Å². The molecule has 2 heterocycles. The fourth-order valence-corrected chi connectivity index (χ4v) is 4.55. The van der Waals surface area contributed by atoms with Crippen LogP contribution in [-0.2, 0) is 4.79 Å². The topological polar surface area (TPSA) is 86.1 Å². The Kier molecular flexibility index (Phi) is 5.04. The van der Waals surface area contributed by atoms with E-state index in [0.29, 0.717) is 17.8 Å². The molecule has 1 N–H and O–H groups in total. The van der Waals surface area contributed by atoms with E-state index in [4.69, 9.17) is 10.2 Å². The number of rotatable bonds is 4. The van der Waals surface area contributed by atoms with E-state index in [2.05, 4.69) is 11.4 Å². The molecule has 1 aliphatic rings. The number of likely N-dealkylation sites (tertiary alicyclic amines) is 1. The fraction of sp³-hybridized carbons (Fsp3) is 0.238. The molecule has 1 aliphatic heterocycles. The summed E-state index contributed by atoms with van der Waals surface area (Å²) in [5, 5.41) is 12.2. The summed E-state index contributed by atoms with van der Waals surface area (Å²) >= 11 is 1.65. The Labute approximate surface area is 166 Å². The number of amides is 2. The molecule has 1 saturated heterocycles. The number of benzene rings is 2. The molecule has 0 radical (unpaired) electrons. The molecule has 7 heteroatoms. The lowest BCUT2D eigenvalue weighted by Crippen LogP contribution is -2.30. The number of carbonyl (C=O) groups excluding carboxylic acids is 2. The molecule has 4 rings (SSSR count). The third-order valence-corrected chi connectivity index (χ3v) is 5.90. The van der Waals surface area contributed by atoms with Crippen molar-refractivity contribution in [3.05, 3.63) is 59.1 Å². The quantitative estimate of drug-likeness (QED) is 0.726. The van der Waals surface area contributed by atoms with Gasteiger partial charge in [-0.3, -0.25) is 9.59 Å². The highest BCUT2D eigenvalue weighted by molar-refractivity contribution is 7.18. The lowest BCUT2D eigenvalue weighted by atomic mass is 10.1. The van der Waals surface area contributed by atoms with E-state index in [1.807, 2.05) is 23.1 Å². The van der Waals surface area contributed by atoms with Gasteiger partial charge < -0.3 is 10.2 Å². The van der Waals surface area contributed by atoms with Gasteiger partial charge in [0.15, 0.2) is 0 Å². The normalized spacial score (nSPS) is 16.1. The van der Waals surface area contributed by atoms with Crippen molar-refractivity contribution in [2.45, 2.75) is 25.3 Å². The van der Waals surface area contributed by atoms with Gasteiger partial charge in [-0.05, 0) is 49.2 Å². The number of fused-ring (bicyclic) bond motifs is 1. The average Bonchev–Trinajstić information content (AvgIpc) is 3.35. The maximum Gasteiger partial charge on any atom is 0.254 e. The van der Waals surface area contributed by atoms with Crippen LogP contribution in [0.2, 0.25) is 0 Å².